The zero-order valence-corrected chi connectivity index (χ0v) is 16.9. The van der Waals surface area contributed by atoms with E-state index < -0.39 is 6.04 Å². The summed E-state index contributed by atoms with van der Waals surface area (Å²) in [5.41, 5.74) is 2.27. The molecule has 5 nitrogen and oxygen atoms in total. The van der Waals surface area contributed by atoms with E-state index in [0.717, 1.165) is 22.9 Å². The highest BCUT2D eigenvalue weighted by Gasteiger charge is 2.24. The zero-order chi connectivity index (χ0) is 20.1. The van der Waals surface area contributed by atoms with Gasteiger partial charge in [0.1, 0.15) is 11.3 Å². The Morgan fingerprint density at radius 3 is 2.71 bits per heavy atom. The van der Waals surface area contributed by atoms with E-state index in [4.69, 9.17) is 21.1 Å². The van der Waals surface area contributed by atoms with Crippen molar-refractivity contribution in [3.63, 3.8) is 0 Å². The molecule has 3 rings (SSSR count). The monoisotopic (exact) mass is 398 g/mol. The van der Waals surface area contributed by atoms with Crippen molar-refractivity contribution in [3.8, 4) is 11.5 Å². The zero-order valence-electron chi connectivity index (χ0n) is 16.2. The summed E-state index contributed by atoms with van der Waals surface area (Å²) in [6, 6.07) is 12.7. The van der Waals surface area contributed by atoms with Crippen molar-refractivity contribution in [1.82, 2.24) is 10.3 Å². The number of carbonyl (C=O) groups is 1. The Balaban J connectivity index is 2.20. The maximum absolute atomic E-state index is 12.5. The molecule has 0 aliphatic rings. The minimum Gasteiger partial charge on any atom is -0.497 e. The number of halogens is 1. The second kappa shape index (κ2) is 8.93. The van der Waals surface area contributed by atoms with Crippen LogP contribution in [0.25, 0.3) is 10.9 Å². The van der Waals surface area contributed by atoms with Gasteiger partial charge in [0.25, 0.3) is 0 Å². The highest BCUT2D eigenvalue weighted by Crippen LogP contribution is 2.39. The van der Waals surface area contributed by atoms with Gasteiger partial charge >= 0.3 is 0 Å². The number of fused-ring (bicyclic) bond motifs is 1. The number of pyridine rings is 1. The molecule has 0 aliphatic heterocycles. The molecule has 1 unspecified atom stereocenters. The molecule has 28 heavy (non-hydrogen) atoms. The van der Waals surface area contributed by atoms with Crippen LogP contribution in [0.2, 0.25) is 5.02 Å². The Kier molecular flexibility index (Phi) is 6.37. The standard InChI is InChI=1S/C22H23ClN2O3/c1-4-7-19(26)25-20(14-8-5-9-15(12-14)27-2)17-13-18(23)16-10-6-11-24-21(16)22(17)28-3/h5-6,8-13,20H,4,7H2,1-3H3,(H,25,26). The molecule has 1 atom stereocenters. The van der Waals surface area contributed by atoms with Gasteiger partial charge in [-0.25, -0.2) is 0 Å². The number of benzene rings is 2. The molecule has 0 fully saturated rings. The van der Waals surface area contributed by atoms with E-state index in [1.54, 1.807) is 20.4 Å². The Morgan fingerprint density at radius 2 is 2.00 bits per heavy atom. The first-order valence-corrected chi connectivity index (χ1v) is 9.51. The van der Waals surface area contributed by atoms with E-state index in [1.807, 2.05) is 49.4 Å². The highest BCUT2D eigenvalue weighted by atomic mass is 35.5. The maximum atomic E-state index is 12.5. The van der Waals surface area contributed by atoms with Gasteiger partial charge in [-0.05, 0) is 42.3 Å². The summed E-state index contributed by atoms with van der Waals surface area (Å²) >= 11 is 6.55. The third-order valence-corrected chi connectivity index (χ3v) is 4.86. The number of methoxy groups -OCH3 is 2. The van der Waals surface area contributed by atoms with Crippen molar-refractivity contribution in [1.29, 1.82) is 0 Å². The van der Waals surface area contributed by atoms with Crippen LogP contribution in [0.3, 0.4) is 0 Å². The summed E-state index contributed by atoms with van der Waals surface area (Å²) in [6.45, 7) is 1.97. The normalized spacial score (nSPS) is 11.9. The molecule has 0 aliphatic carbocycles. The van der Waals surface area contributed by atoms with Crippen molar-refractivity contribution < 1.29 is 14.3 Å². The van der Waals surface area contributed by atoms with Crippen LogP contribution in [0.4, 0.5) is 0 Å². The molecule has 0 bridgehead atoms. The molecule has 146 valence electrons. The molecular weight excluding hydrogens is 376 g/mol. The largest absolute Gasteiger partial charge is 0.497 e. The lowest BCUT2D eigenvalue weighted by molar-refractivity contribution is -0.121. The van der Waals surface area contributed by atoms with E-state index in [-0.39, 0.29) is 5.91 Å². The summed E-state index contributed by atoms with van der Waals surface area (Å²) in [5, 5.41) is 4.46. The van der Waals surface area contributed by atoms with Gasteiger partial charge in [0.2, 0.25) is 5.91 Å². The molecular formula is C22H23ClN2O3. The maximum Gasteiger partial charge on any atom is 0.220 e. The van der Waals surface area contributed by atoms with Crippen LogP contribution >= 0.6 is 11.6 Å². The fraction of sp³-hybridized carbons (Fsp3) is 0.273. The van der Waals surface area contributed by atoms with Crippen LogP contribution in [0, 0.1) is 0 Å². The highest BCUT2D eigenvalue weighted by molar-refractivity contribution is 6.35. The van der Waals surface area contributed by atoms with Crippen LogP contribution in [-0.4, -0.2) is 25.1 Å². The summed E-state index contributed by atoms with van der Waals surface area (Å²) < 4.78 is 11.1. The van der Waals surface area contributed by atoms with Crippen LogP contribution in [0.5, 0.6) is 11.5 Å². The second-order valence-electron chi connectivity index (χ2n) is 6.41. The first kappa shape index (κ1) is 20.0. The average molecular weight is 399 g/mol. The molecule has 3 aromatic rings. The SMILES string of the molecule is CCCC(=O)NC(c1cccc(OC)c1)c1cc(Cl)c2cccnc2c1OC. The van der Waals surface area contributed by atoms with Gasteiger partial charge in [-0.3, -0.25) is 9.78 Å². The van der Waals surface area contributed by atoms with Gasteiger partial charge in [0, 0.05) is 23.6 Å². The van der Waals surface area contributed by atoms with Crippen molar-refractivity contribution >= 4 is 28.4 Å². The predicted octanol–water partition coefficient (Wildman–Crippen LogP) is 4.91. The van der Waals surface area contributed by atoms with Crippen molar-refractivity contribution in [2.75, 3.05) is 14.2 Å². The lowest BCUT2D eigenvalue weighted by atomic mass is 9.95. The first-order chi connectivity index (χ1) is 13.6. The minimum atomic E-state index is -0.451. The third-order valence-electron chi connectivity index (χ3n) is 4.55. The fourth-order valence-corrected chi connectivity index (χ4v) is 3.52. The third kappa shape index (κ3) is 4.04. The Bertz CT molecular complexity index is 991. The number of rotatable bonds is 7. The van der Waals surface area contributed by atoms with Gasteiger partial charge in [-0.2, -0.15) is 0 Å². The van der Waals surface area contributed by atoms with Crippen molar-refractivity contribution in [2.45, 2.75) is 25.8 Å². The smallest absolute Gasteiger partial charge is 0.220 e. The Hall–Kier alpha value is -2.79. The number of amides is 1. The number of aromatic nitrogens is 1. The van der Waals surface area contributed by atoms with E-state index >= 15 is 0 Å². The number of ether oxygens (including phenoxy) is 2. The predicted molar refractivity (Wildman–Crippen MR) is 111 cm³/mol. The van der Waals surface area contributed by atoms with E-state index in [9.17, 15) is 4.79 Å². The van der Waals surface area contributed by atoms with Crippen LogP contribution < -0.4 is 14.8 Å². The van der Waals surface area contributed by atoms with E-state index in [2.05, 4.69) is 10.3 Å². The quantitative estimate of drug-likeness (QED) is 0.614. The molecule has 0 saturated carbocycles. The molecule has 0 radical (unpaired) electrons. The number of hydrogen-bond donors (Lipinski definition) is 1. The Morgan fingerprint density at radius 1 is 1.18 bits per heavy atom. The van der Waals surface area contributed by atoms with Gasteiger partial charge in [0.05, 0.1) is 25.3 Å². The summed E-state index contributed by atoms with van der Waals surface area (Å²) in [6.07, 6.45) is 2.89. The lowest BCUT2D eigenvalue weighted by Crippen LogP contribution is -2.29. The average Bonchev–Trinajstić information content (AvgIpc) is 2.72. The second-order valence-corrected chi connectivity index (χ2v) is 6.81. The summed E-state index contributed by atoms with van der Waals surface area (Å²) in [4.78, 5) is 16.9. The van der Waals surface area contributed by atoms with Gasteiger partial charge in [0.15, 0.2) is 5.75 Å². The Labute approximate surface area is 169 Å². The summed E-state index contributed by atoms with van der Waals surface area (Å²) in [5.74, 6) is 1.25. The molecule has 0 saturated heterocycles. The van der Waals surface area contributed by atoms with Crippen LogP contribution in [-0.2, 0) is 4.79 Å². The van der Waals surface area contributed by atoms with Gasteiger partial charge < -0.3 is 14.8 Å². The van der Waals surface area contributed by atoms with E-state index in [0.29, 0.717) is 28.5 Å². The molecule has 2 aromatic carbocycles. The minimum absolute atomic E-state index is 0.0467. The number of hydrogen-bond acceptors (Lipinski definition) is 4. The van der Waals surface area contributed by atoms with Crippen molar-refractivity contribution in [2.24, 2.45) is 0 Å². The number of nitrogens with zero attached hydrogens (tertiary/aromatic N) is 1. The number of nitrogens with one attached hydrogen (secondary N) is 1. The first-order valence-electron chi connectivity index (χ1n) is 9.13. The van der Waals surface area contributed by atoms with Crippen LogP contribution in [0.15, 0.2) is 48.7 Å². The topological polar surface area (TPSA) is 60.5 Å². The lowest BCUT2D eigenvalue weighted by Gasteiger charge is -2.23. The van der Waals surface area contributed by atoms with E-state index in [1.165, 1.54) is 0 Å². The molecule has 1 N–H and O–H groups in total. The molecule has 1 aromatic heterocycles. The molecule has 1 heterocycles. The van der Waals surface area contributed by atoms with Crippen LogP contribution in [0.1, 0.15) is 36.9 Å². The molecule has 1 amide bonds. The summed E-state index contributed by atoms with van der Waals surface area (Å²) in [7, 11) is 3.21. The van der Waals surface area contributed by atoms with Crippen molar-refractivity contribution in [3.05, 3.63) is 64.8 Å². The molecule has 0 spiro atoms. The molecule has 6 heteroatoms. The van der Waals surface area contributed by atoms with Gasteiger partial charge in [-0.1, -0.05) is 30.7 Å². The number of carbonyl (C=O) groups excluding carboxylic acids is 1. The van der Waals surface area contributed by atoms with Gasteiger partial charge in [-0.15, -0.1) is 0 Å². The fourth-order valence-electron chi connectivity index (χ4n) is 3.25.